The highest BCUT2D eigenvalue weighted by Gasteiger charge is 2.43. The maximum atomic E-state index is 2.58. The van der Waals surface area contributed by atoms with Crippen molar-refractivity contribution in [3.8, 4) is 0 Å². The second-order valence-corrected chi connectivity index (χ2v) is 10.4. The molecule has 26 heavy (non-hydrogen) atoms. The predicted octanol–water partition coefficient (Wildman–Crippen LogP) is 7.61. The molecule has 0 radical (unpaired) electrons. The molecule has 0 saturated carbocycles. The Labute approximate surface area is 171 Å². The molecule has 134 valence electrons. The largest absolute Gasteiger partial charge is 0.0839 e. The number of hydrogen-bond acceptors (Lipinski definition) is 0. The number of rotatable bonds is 1. The fourth-order valence-corrected chi connectivity index (χ4v) is 6.27. The van der Waals surface area contributed by atoms with Gasteiger partial charge in [0.2, 0.25) is 0 Å². The van der Waals surface area contributed by atoms with Crippen LogP contribution in [0.5, 0.6) is 0 Å². The SMILES string of the molecule is CC1(C)c2cc(C3CCC4=C(CCC=C4)C3)ccc2C2=CC=C(I)CC21. The molecule has 1 aromatic carbocycles. The van der Waals surface area contributed by atoms with E-state index in [-0.39, 0.29) is 5.41 Å². The van der Waals surface area contributed by atoms with E-state index < -0.39 is 0 Å². The summed E-state index contributed by atoms with van der Waals surface area (Å²) in [7, 11) is 0. The lowest BCUT2D eigenvalue weighted by Crippen LogP contribution is -2.24. The second kappa shape index (κ2) is 6.22. The fourth-order valence-electron chi connectivity index (χ4n) is 5.65. The molecular formula is C25H27I. The molecule has 0 saturated heterocycles. The van der Waals surface area contributed by atoms with Gasteiger partial charge in [0.25, 0.3) is 0 Å². The number of halogens is 1. The van der Waals surface area contributed by atoms with Crippen LogP contribution in [0.3, 0.4) is 0 Å². The Morgan fingerprint density at radius 2 is 1.96 bits per heavy atom. The highest BCUT2D eigenvalue weighted by Crippen LogP contribution is 2.55. The van der Waals surface area contributed by atoms with E-state index >= 15 is 0 Å². The number of allylic oxidation sites excluding steroid dienone is 8. The average Bonchev–Trinajstić information content (AvgIpc) is 2.88. The molecule has 2 unspecified atom stereocenters. The minimum absolute atomic E-state index is 0.245. The third-order valence-corrected chi connectivity index (χ3v) is 8.05. The lowest BCUT2D eigenvalue weighted by molar-refractivity contribution is 0.413. The van der Waals surface area contributed by atoms with Crippen LogP contribution in [-0.4, -0.2) is 0 Å². The molecule has 2 atom stereocenters. The molecule has 5 rings (SSSR count). The van der Waals surface area contributed by atoms with Gasteiger partial charge in [0.15, 0.2) is 0 Å². The van der Waals surface area contributed by atoms with E-state index in [1.807, 2.05) is 0 Å². The fraction of sp³-hybridized carbons (Fsp3) is 0.440. The smallest absolute Gasteiger partial charge is 0.00189 e. The highest BCUT2D eigenvalue weighted by atomic mass is 127. The monoisotopic (exact) mass is 454 g/mol. The number of hydrogen-bond donors (Lipinski definition) is 0. The van der Waals surface area contributed by atoms with Crippen LogP contribution in [0, 0.1) is 5.92 Å². The summed E-state index contributed by atoms with van der Waals surface area (Å²) in [4.78, 5) is 0. The summed E-state index contributed by atoms with van der Waals surface area (Å²) in [5.74, 6) is 1.37. The Morgan fingerprint density at radius 1 is 1.08 bits per heavy atom. The van der Waals surface area contributed by atoms with Gasteiger partial charge in [-0.25, -0.2) is 0 Å². The van der Waals surface area contributed by atoms with Crippen molar-refractivity contribution in [2.24, 2.45) is 5.92 Å². The van der Waals surface area contributed by atoms with Crippen LogP contribution in [0.25, 0.3) is 5.57 Å². The molecule has 0 amide bonds. The molecular weight excluding hydrogens is 427 g/mol. The highest BCUT2D eigenvalue weighted by molar-refractivity contribution is 14.1. The molecule has 0 heterocycles. The van der Waals surface area contributed by atoms with Crippen LogP contribution in [0.4, 0.5) is 0 Å². The van der Waals surface area contributed by atoms with Gasteiger partial charge >= 0.3 is 0 Å². The second-order valence-electron chi connectivity index (χ2n) is 9.03. The van der Waals surface area contributed by atoms with Crippen LogP contribution >= 0.6 is 22.6 Å². The Morgan fingerprint density at radius 3 is 2.85 bits per heavy atom. The summed E-state index contributed by atoms with van der Waals surface area (Å²) >= 11 is 2.51. The summed E-state index contributed by atoms with van der Waals surface area (Å²) in [5, 5.41) is 0. The lowest BCUT2D eigenvalue weighted by Gasteiger charge is -2.31. The zero-order chi connectivity index (χ0) is 17.9. The van der Waals surface area contributed by atoms with Gasteiger partial charge in [0, 0.05) is 0 Å². The number of benzene rings is 1. The lowest BCUT2D eigenvalue weighted by atomic mass is 9.73. The van der Waals surface area contributed by atoms with Crippen molar-refractivity contribution in [3.63, 3.8) is 0 Å². The third kappa shape index (κ3) is 2.61. The van der Waals surface area contributed by atoms with E-state index in [0.29, 0.717) is 5.92 Å². The molecule has 0 fully saturated rings. The molecule has 1 aromatic rings. The topological polar surface area (TPSA) is 0 Å². The normalized spacial score (nSPS) is 28.9. The summed E-state index contributed by atoms with van der Waals surface area (Å²) in [6.07, 6.45) is 17.1. The Bertz CT molecular complexity index is 891. The van der Waals surface area contributed by atoms with E-state index in [4.69, 9.17) is 0 Å². The molecule has 0 bridgehead atoms. The standard InChI is InChI=1S/C25H27I/c1-25(2)23-14-19(18-8-7-16-5-3-4-6-17(16)13-18)9-11-21(23)22-12-10-20(26)15-24(22)25/h3,5,9-12,14,18,24H,4,6-8,13,15H2,1-2H3. The molecule has 0 N–H and O–H groups in total. The summed E-state index contributed by atoms with van der Waals surface area (Å²) in [6.45, 7) is 4.92. The van der Waals surface area contributed by atoms with Crippen LogP contribution in [0.2, 0.25) is 0 Å². The van der Waals surface area contributed by atoms with Crippen LogP contribution in [-0.2, 0) is 5.41 Å². The van der Waals surface area contributed by atoms with Gasteiger partial charge in [-0.1, -0.05) is 61.9 Å². The van der Waals surface area contributed by atoms with Gasteiger partial charge in [0.1, 0.15) is 0 Å². The van der Waals surface area contributed by atoms with Gasteiger partial charge in [0.05, 0.1) is 0 Å². The maximum Gasteiger partial charge on any atom is -0.00189 e. The van der Waals surface area contributed by atoms with Gasteiger partial charge in [-0.15, -0.1) is 0 Å². The van der Waals surface area contributed by atoms with E-state index in [9.17, 15) is 0 Å². The summed E-state index contributed by atoms with van der Waals surface area (Å²) in [5.41, 5.74) is 9.88. The van der Waals surface area contributed by atoms with E-state index in [0.717, 1.165) is 5.92 Å². The molecule has 0 spiro atoms. The van der Waals surface area contributed by atoms with Crippen molar-refractivity contribution < 1.29 is 0 Å². The first-order valence-electron chi connectivity index (χ1n) is 10.1. The first-order valence-corrected chi connectivity index (χ1v) is 11.2. The van der Waals surface area contributed by atoms with Gasteiger partial charge in [-0.2, -0.15) is 0 Å². The molecule has 1 heteroatoms. The van der Waals surface area contributed by atoms with Crippen LogP contribution in [0.1, 0.15) is 75.0 Å². The molecule has 0 nitrogen and oxygen atoms in total. The first kappa shape index (κ1) is 17.0. The maximum absolute atomic E-state index is 2.58. The van der Waals surface area contributed by atoms with Gasteiger partial charge in [-0.3, -0.25) is 0 Å². The molecule has 0 aliphatic heterocycles. The van der Waals surface area contributed by atoms with E-state index in [1.165, 1.54) is 47.7 Å². The van der Waals surface area contributed by atoms with Crippen LogP contribution in [0.15, 0.2) is 57.2 Å². The van der Waals surface area contributed by atoms with Crippen molar-refractivity contribution in [1.82, 2.24) is 0 Å². The van der Waals surface area contributed by atoms with Crippen molar-refractivity contribution in [2.75, 3.05) is 0 Å². The molecule has 4 aliphatic rings. The van der Waals surface area contributed by atoms with Gasteiger partial charge in [-0.05, 0) is 110 Å². The average molecular weight is 454 g/mol. The Kier molecular flexibility index (Phi) is 4.08. The Hall–Kier alpha value is -1.09. The number of fused-ring (bicyclic) bond motifs is 3. The molecule has 0 aromatic heterocycles. The predicted molar refractivity (Wildman–Crippen MR) is 120 cm³/mol. The minimum Gasteiger partial charge on any atom is -0.0839 e. The zero-order valence-electron chi connectivity index (χ0n) is 15.8. The Balaban J connectivity index is 1.51. The summed E-state index contributed by atoms with van der Waals surface area (Å²) < 4.78 is 1.49. The van der Waals surface area contributed by atoms with Gasteiger partial charge < -0.3 is 0 Å². The minimum atomic E-state index is 0.245. The first-order chi connectivity index (χ1) is 12.5. The van der Waals surface area contributed by atoms with E-state index in [2.05, 4.69) is 78.9 Å². The zero-order valence-corrected chi connectivity index (χ0v) is 18.0. The van der Waals surface area contributed by atoms with Crippen molar-refractivity contribution >= 4 is 28.2 Å². The third-order valence-electron chi connectivity index (χ3n) is 7.25. The van der Waals surface area contributed by atoms with Crippen molar-refractivity contribution in [2.45, 2.75) is 63.7 Å². The van der Waals surface area contributed by atoms with Crippen molar-refractivity contribution in [1.29, 1.82) is 0 Å². The van der Waals surface area contributed by atoms with E-state index in [1.54, 1.807) is 27.8 Å². The van der Waals surface area contributed by atoms with Crippen LogP contribution < -0.4 is 0 Å². The van der Waals surface area contributed by atoms with Crippen molar-refractivity contribution in [3.05, 3.63) is 73.9 Å². The quantitative estimate of drug-likeness (QED) is 0.383. The summed E-state index contributed by atoms with van der Waals surface area (Å²) in [6, 6.07) is 7.46. The molecule has 4 aliphatic carbocycles.